The number of nitrogens with one attached hydrogen (secondary N) is 1. The van der Waals surface area contributed by atoms with E-state index in [4.69, 9.17) is 5.73 Å². The highest BCUT2D eigenvalue weighted by atomic mass is 79.9. The van der Waals surface area contributed by atoms with Crippen molar-refractivity contribution in [3.8, 4) is 0 Å². The van der Waals surface area contributed by atoms with Crippen LogP contribution in [-0.2, 0) is 0 Å². The Kier molecular flexibility index (Phi) is 3.06. The van der Waals surface area contributed by atoms with Crippen LogP contribution in [0.25, 0.3) is 10.9 Å². The summed E-state index contributed by atoms with van der Waals surface area (Å²) in [6, 6.07) is 9.70. The Morgan fingerprint density at radius 3 is 2.70 bits per heavy atom. The minimum Gasteiger partial charge on any atom is -0.398 e. The Morgan fingerprint density at radius 1 is 1.15 bits per heavy atom. The zero-order valence-electron chi connectivity index (χ0n) is 10.3. The number of ketones is 1. The first-order chi connectivity index (χ1) is 9.59. The molecule has 20 heavy (non-hydrogen) atoms. The van der Waals surface area contributed by atoms with Crippen LogP contribution < -0.4 is 5.73 Å². The first-order valence-corrected chi connectivity index (χ1v) is 6.73. The van der Waals surface area contributed by atoms with E-state index in [1.165, 1.54) is 12.3 Å². The molecule has 0 saturated carbocycles. The van der Waals surface area contributed by atoms with Gasteiger partial charge in [-0.3, -0.25) is 4.79 Å². The fourth-order valence-corrected chi connectivity index (χ4v) is 2.63. The summed E-state index contributed by atoms with van der Waals surface area (Å²) < 4.78 is 14.5. The number of rotatable bonds is 2. The number of hydrogen-bond donors (Lipinski definition) is 2. The third-order valence-corrected chi connectivity index (χ3v) is 4.06. The summed E-state index contributed by atoms with van der Waals surface area (Å²) in [7, 11) is 0. The molecule has 3 N–H and O–H groups in total. The molecule has 0 aliphatic carbocycles. The number of nitrogen functional groups attached to an aromatic ring is 1. The molecule has 0 amide bonds. The fourth-order valence-electron chi connectivity index (χ4n) is 2.19. The van der Waals surface area contributed by atoms with E-state index in [0.717, 1.165) is 0 Å². The van der Waals surface area contributed by atoms with Gasteiger partial charge in [-0.05, 0) is 40.2 Å². The molecule has 0 bridgehead atoms. The van der Waals surface area contributed by atoms with Gasteiger partial charge in [0.05, 0.1) is 10.0 Å². The SMILES string of the molecule is Nc1cccc(C(=O)c2c[nH]c3cccc(F)c23)c1Br. The summed E-state index contributed by atoms with van der Waals surface area (Å²) in [5.74, 6) is -0.701. The van der Waals surface area contributed by atoms with Crippen LogP contribution in [0.1, 0.15) is 15.9 Å². The van der Waals surface area contributed by atoms with Crippen molar-refractivity contribution in [1.29, 1.82) is 0 Å². The first kappa shape index (κ1) is 12.9. The highest BCUT2D eigenvalue weighted by Gasteiger charge is 2.19. The van der Waals surface area contributed by atoms with Crippen molar-refractivity contribution >= 4 is 38.3 Å². The maximum absolute atomic E-state index is 13.9. The Hall–Kier alpha value is -2.14. The van der Waals surface area contributed by atoms with Crippen LogP contribution >= 0.6 is 15.9 Å². The van der Waals surface area contributed by atoms with Crippen LogP contribution in [0.2, 0.25) is 0 Å². The summed E-state index contributed by atoms with van der Waals surface area (Å²) in [4.78, 5) is 15.5. The molecule has 3 nitrogen and oxygen atoms in total. The van der Waals surface area contributed by atoms with E-state index >= 15 is 0 Å². The second-order valence-corrected chi connectivity index (χ2v) is 5.20. The summed E-state index contributed by atoms with van der Waals surface area (Å²) in [5.41, 5.74) is 7.54. The lowest BCUT2D eigenvalue weighted by Crippen LogP contribution is -2.03. The first-order valence-electron chi connectivity index (χ1n) is 5.94. The monoisotopic (exact) mass is 332 g/mol. The van der Waals surface area contributed by atoms with Gasteiger partial charge in [0.1, 0.15) is 5.82 Å². The molecular weight excluding hydrogens is 323 g/mol. The molecule has 0 fully saturated rings. The van der Waals surface area contributed by atoms with Crippen molar-refractivity contribution in [2.75, 3.05) is 5.73 Å². The van der Waals surface area contributed by atoms with Gasteiger partial charge < -0.3 is 10.7 Å². The Balaban J connectivity index is 2.21. The molecular formula is C15H10BrFN2O. The van der Waals surface area contributed by atoms with Gasteiger partial charge in [0, 0.05) is 28.4 Å². The van der Waals surface area contributed by atoms with Crippen LogP contribution in [0.15, 0.2) is 47.1 Å². The number of benzene rings is 2. The second kappa shape index (κ2) is 4.76. The molecule has 5 heteroatoms. The van der Waals surface area contributed by atoms with Gasteiger partial charge in [0.25, 0.3) is 0 Å². The number of H-pyrrole nitrogens is 1. The third kappa shape index (κ3) is 1.91. The van der Waals surface area contributed by atoms with Crippen molar-refractivity contribution in [3.63, 3.8) is 0 Å². The van der Waals surface area contributed by atoms with Gasteiger partial charge in [-0.25, -0.2) is 4.39 Å². The van der Waals surface area contributed by atoms with Gasteiger partial charge in [-0.2, -0.15) is 0 Å². The summed E-state index contributed by atoms with van der Waals surface area (Å²) in [6.07, 6.45) is 1.52. The second-order valence-electron chi connectivity index (χ2n) is 4.40. The average Bonchev–Trinajstić information content (AvgIpc) is 2.86. The molecule has 0 unspecified atom stereocenters. The molecule has 2 aromatic carbocycles. The number of fused-ring (bicyclic) bond motifs is 1. The van der Waals surface area contributed by atoms with E-state index in [2.05, 4.69) is 20.9 Å². The van der Waals surface area contributed by atoms with Crippen molar-refractivity contribution in [1.82, 2.24) is 4.98 Å². The zero-order valence-corrected chi connectivity index (χ0v) is 11.9. The number of hydrogen-bond acceptors (Lipinski definition) is 2. The molecule has 0 spiro atoms. The van der Waals surface area contributed by atoms with Gasteiger partial charge in [0.2, 0.25) is 0 Å². The lowest BCUT2D eigenvalue weighted by molar-refractivity contribution is 0.103. The van der Waals surface area contributed by atoms with Gasteiger partial charge in [-0.1, -0.05) is 12.1 Å². The van der Waals surface area contributed by atoms with Crippen molar-refractivity contribution in [2.45, 2.75) is 0 Å². The fraction of sp³-hybridized carbons (Fsp3) is 0. The van der Waals surface area contributed by atoms with E-state index in [9.17, 15) is 9.18 Å². The number of carbonyl (C=O) groups excluding carboxylic acids is 1. The van der Waals surface area contributed by atoms with Crippen LogP contribution in [0.4, 0.5) is 10.1 Å². The lowest BCUT2D eigenvalue weighted by atomic mass is 10.0. The van der Waals surface area contributed by atoms with Crippen LogP contribution in [-0.4, -0.2) is 10.8 Å². The van der Waals surface area contributed by atoms with Crippen molar-refractivity contribution in [2.24, 2.45) is 0 Å². The third-order valence-electron chi connectivity index (χ3n) is 3.17. The average molecular weight is 333 g/mol. The largest absolute Gasteiger partial charge is 0.398 e. The molecule has 3 aromatic rings. The smallest absolute Gasteiger partial charge is 0.196 e. The van der Waals surface area contributed by atoms with E-state index < -0.39 is 5.82 Å². The van der Waals surface area contributed by atoms with Crippen LogP contribution in [0, 0.1) is 5.82 Å². The molecule has 3 rings (SSSR count). The number of aromatic amines is 1. The minimum atomic E-state index is -0.424. The van der Waals surface area contributed by atoms with Crippen molar-refractivity contribution < 1.29 is 9.18 Å². The van der Waals surface area contributed by atoms with E-state index in [1.54, 1.807) is 30.3 Å². The highest BCUT2D eigenvalue weighted by molar-refractivity contribution is 9.10. The zero-order chi connectivity index (χ0) is 14.3. The number of carbonyl (C=O) groups is 1. The quantitative estimate of drug-likeness (QED) is 0.552. The van der Waals surface area contributed by atoms with Gasteiger partial charge in [0.15, 0.2) is 5.78 Å². The Morgan fingerprint density at radius 2 is 1.90 bits per heavy atom. The number of nitrogens with two attached hydrogens (primary N) is 1. The molecule has 0 aliphatic rings. The molecule has 0 atom stereocenters. The molecule has 0 radical (unpaired) electrons. The molecule has 100 valence electrons. The van der Waals surface area contributed by atoms with Gasteiger partial charge in [-0.15, -0.1) is 0 Å². The molecule has 1 aromatic heterocycles. The Bertz CT molecular complexity index is 826. The predicted molar refractivity (Wildman–Crippen MR) is 80.2 cm³/mol. The molecule has 0 aliphatic heterocycles. The predicted octanol–water partition coefficient (Wildman–Crippen LogP) is 3.88. The minimum absolute atomic E-state index is 0.277. The van der Waals surface area contributed by atoms with E-state index in [-0.39, 0.29) is 5.78 Å². The maximum Gasteiger partial charge on any atom is 0.196 e. The summed E-state index contributed by atoms with van der Waals surface area (Å²) in [5, 5.41) is 0.298. The van der Waals surface area contributed by atoms with Crippen LogP contribution in [0.3, 0.4) is 0 Å². The van der Waals surface area contributed by atoms with E-state index in [1.807, 2.05) is 0 Å². The van der Waals surface area contributed by atoms with Crippen LogP contribution in [0.5, 0.6) is 0 Å². The number of halogens is 2. The maximum atomic E-state index is 13.9. The number of anilines is 1. The van der Waals surface area contributed by atoms with Crippen molar-refractivity contribution in [3.05, 3.63) is 64.0 Å². The van der Waals surface area contributed by atoms with E-state index in [0.29, 0.717) is 32.2 Å². The highest BCUT2D eigenvalue weighted by Crippen LogP contribution is 2.29. The summed E-state index contributed by atoms with van der Waals surface area (Å²) >= 11 is 3.30. The lowest BCUT2D eigenvalue weighted by Gasteiger charge is -2.05. The number of aromatic nitrogens is 1. The molecule has 0 saturated heterocycles. The normalized spacial score (nSPS) is 10.9. The molecule has 1 heterocycles. The Labute approximate surface area is 122 Å². The standard InChI is InChI=1S/C15H10BrFN2O/c16-14-8(3-1-5-11(14)18)15(20)9-7-19-12-6-2-4-10(17)13(9)12/h1-7,19H,18H2. The summed E-state index contributed by atoms with van der Waals surface area (Å²) in [6.45, 7) is 0. The van der Waals surface area contributed by atoms with Gasteiger partial charge >= 0.3 is 0 Å². The topological polar surface area (TPSA) is 58.9 Å².